The van der Waals surface area contributed by atoms with Gasteiger partial charge in [0.15, 0.2) is 5.65 Å². The van der Waals surface area contributed by atoms with Gasteiger partial charge in [0.1, 0.15) is 11.3 Å². The molecule has 0 radical (unpaired) electrons. The highest BCUT2D eigenvalue weighted by molar-refractivity contribution is 9.10. The minimum Gasteiger partial charge on any atom is -0.320 e. The van der Waals surface area contributed by atoms with Crippen LogP contribution in [0.25, 0.3) is 11.2 Å². The molecule has 5 nitrogen and oxygen atoms in total. The summed E-state index contributed by atoms with van der Waals surface area (Å²) in [7, 11) is 0. The van der Waals surface area contributed by atoms with Crippen molar-refractivity contribution in [1.82, 2.24) is 14.5 Å². The number of nitrogens with one attached hydrogen (secondary N) is 1. The molecule has 0 saturated heterocycles. The highest BCUT2D eigenvalue weighted by Gasteiger charge is 2.15. The van der Waals surface area contributed by atoms with Crippen molar-refractivity contribution in [2.75, 3.05) is 5.32 Å². The van der Waals surface area contributed by atoms with Gasteiger partial charge in [-0.15, -0.1) is 0 Å². The van der Waals surface area contributed by atoms with E-state index in [0.29, 0.717) is 22.8 Å². The van der Waals surface area contributed by atoms with Gasteiger partial charge in [0.05, 0.1) is 17.9 Å². The number of amides is 1. The molecule has 0 bridgehead atoms. The first kappa shape index (κ1) is 19.6. The number of rotatable bonds is 4. The number of hydrogen-bond donors (Lipinski definition) is 1. The van der Waals surface area contributed by atoms with Gasteiger partial charge in [-0.25, -0.2) is 9.97 Å². The van der Waals surface area contributed by atoms with E-state index in [1.54, 1.807) is 24.3 Å². The predicted octanol–water partition coefficient (Wildman–Crippen LogP) is 5.76. The van der Waals surface area contributed by atoms with E-state index < -0.39 is 0 Å². The summed E-state index contributed by atoms with van der Waals surface area (Å²) in [6, 6.07) is 16.9. The molecule has 4 rings (SSSR count). The van der Waals surface area contributed by atoms with E-state index in [2.05, 4.69) is 42.9 Å². The minimum absolute atomic E-state index is 0.234. The lowest BCUT2D eigenvalue weighted by Gasteiger charge is -2.10. The fraction of sp³-hybridized carbons (Fsp3) is 0.136. The molecule has 7 heteroatoms. The Bertz CT molecular complexity index is 1220. The summed E-state index contributed by atoms with van der Waals surface area (Å²) in [6.45, 7) is 4.51. The maximum absolute atomic E-state index is 12.6. The first-order chi connectivity index (χ1) is 13.9. The Morgan fingerprint density at radius 1 is 1.10 bits per heavy atom. The summed E-state index contributed by atoms with van der Waals surface area (Å²) >= 11 is 9.45. The summed E-state index contributed by atoms with van der Waals surface area (Å²) in [6.07, 6.45) is 0. The highest BCUT2D eigenvalue weighted by Crippen LogP contribution is 2.23. The fourth-order valence-electron chi connectivity index (χ4n) is 3.16. The van der Waals surface area contributed by atoms with E-state index in [0.717, 1.165) is 32.7 Å². The van der Waals surface area contributed by atoms with Gasteiger partial charge in [0.2, 0.25) is 0 Å². The fourth-order valence-corrected chi connectivity index (χ4v) is 3.62. The number of carbonyl (C=O) groups excluding carboxylic acids is 1. The van der Waals surface area contributed by atoms with Crippen molar-refractivity contribution in [3.63, 3.8) is 0 Å². The van der Waals surface area contributed by atoms with Gasteiger partial charge in [-0.3, -0.25) is 4.79 Å². The van der Waals surface area contributed by atoms with Crippen molar-refractivity contribution in [3.05, 3.63) is 86.7 Å². The van der Waals surface area contributed by atoms with Crippen molar-refractivity contribution < 1.29 is 4.79 Å². The van der Waals surface area contributed by atoms with E-state index in [1.165, 1.54) is 0 Å². The minimum atomic E-state index is -0.234. The van der Waals surface area contributed by atoms with Crippen molar-refractivity contribution >= 4 is 50.3 Å². The summed E-state index contributed by atoms with van der Waals surface area (Å²) in [5.41, 5.74) is 4.55. The lowest BCUT2D eigenvalue weighted by atomic mass is 10.2. The van der Waals surface area contributed by atoms with Crippen LogP contribution in [0.4, 0.5) is 5.69 Å². The second-order valence-corrected chi connectivity index (χ2v) is 8.15. The topological polar surface area (TPSA) is 59.8 Å². The standard InChI is InChI=1S/C22H18BrClN4O/c1-13-19(27-22(29)16-4-3-5-18(24)10-16)11-20-21(25-13)28(14(2)26-20)12-15-6-8-17(23)9-7-15/h3-11H,12H2,1-2H3,(H,27,29). The molecule has 2 aromatic carbocycles. The molecular weight excluding hydrogens is 452 g/mol. The summed E-state index contributed by atoms with van der Waals surface area (Å²) in [5.74, 6) is 0.635. The molecule has 2 aromatic heterocycles. The van der Waals surface area contributed by atoms with Gasteiger partial charge in [-0.05, 0) is 55.8 Å². The molecular formula is C22H18BrClN4O. The van der Waals surface area contributed by atoms with Crippen molar-refractivity contribution in [2.45, 2.75) is 20.4 Å². The van der Waals surface area contributed by atoms with Gasteiger partial charge in [-0.2, -0.15) is 0 Å². The van der Waals surface area contributed by atoms with Crippen LogP contribution >= 0.6 is 27.5 Å². The quantitative estimate of drug-likeness (QED) is 0.413. The van der Waals surface area contributed by atoms with E-state index in [-0.39, 0.29) is 5.91 Å². The number of carbonyl (C=O) groups is 1. The SMILES string of the molecule is Cc1nc2c(cc1NC(=O)c1cccc(Cl)c1)nc(C)n2Cc1ccc(Br)cc1. The Hall–Kier alpha value is -2.70. The number of aromatic nitrogens is 3. The second-order valence-electron chi connectivity index (χ2n) is 6.80. The maximum Gasteiger partial charge on any atom is 0.255 e. The largest absolute Gasteiger partial charge is 0.320 e. The van der Waals surface area contributed by atoms with Crippen molar-refractivity contribution in [1.29, 1.82) is 0 Å². The van der Waals surface area contributed by atoms with Gasteiger partial charge < -0.3 is 9.88 Å². The normalized spacial score (nSPS) is 11.0. The third kappa shape index (κ3) is 4.18. The lowest BCUT2D eigenvalue weighted by Crippen LogP contribution is -2.13. The molecule has 0 aliphatic rings. The van der Waals surface area contributed by atoms with Crippen LogP contribution in [0.2, 0.25) is 5.02 Å². The summed E-state index contributed by atoms with van der Waals surface area (Å²) in [5, 5.41) is 3.43. The van der Waals surface area contributed by atoms with Gasteiger partial charge in [0, 0.05) is 15.1 Å². The second kappa shape index (κ2) is 7.97. The number of fused-ring (bicyclic) bond motifs is 1. The van der Waals surface area contributed by atoms with Crippen LogP contribution in [0.1, 0.15) is 27.4 Å². The van der Waals surface area contributed by atoms with Crippen LogP contribution in [-0.4, -0.2) is 20.4 Å². The molecule has 1 N–H and O–H groups in total. The molecule has 0 aliphatic heterocycles. The van der Waals surface area contributed by atoms with E-state index in [1.807, 2.05) is 32.0 Å². The molecule has 0 unspecified atom stereocenters. The number of hydrogen-bond acceptors (Lipinski definition) is 3. The lowest BCUT2D eigenvalue weighted by molar-refractivity contribution is 0.102. The number of imidazole rings is 1. The predicted molar refractivity (Wildman–Crippen MR) is 120 cm³/mol. The van der Waals surface area contributed by atoms with Gasteiger partial charge >= 0.3 is 0 Å². The number of aryl methyl sites for hydroxylation is 2. The van der Waals surface area contributed by atoms with E-state index in [4.69, 9.17) is 16.6 Å². The third-order valence-electron chi connectivity index (χ3n) is 4.69. The van der Waals surface area contributed by atoms with Crippen molar-refractivity contribution in [3.8, 4) is 0 Å². The van der Waals surface area contributed by atoms with E-state index >= 15 is 0 Å². The van der Waals surface area contributed by atoms with Crippen LogP contribution in [0.3, 0.4) is 0 Å². The smallest absolute Gasteiger partial charge is 0.255 e. The van der Waals surface area contributed by atoms with Crippen LogP contribution in [-0.2, 0) is 6.54 Å². The monoisotopic (exact) mass is 468 g/mol. The maximum atomic E-state index is 12.6. The Morgan fingerprint density at radius 2 is 1.86 bits per heavy atom. The first-order valence-electron chi connectivity index (χ1n) is 9.06. The molecule has 0 fully saturated rings. The first-order valence-corrected chi connectivity index (χ1v) is 10.2. The zero-order chi connectivity index (χ0) is 20.5. The Kier molecular flexibility index (Phi) is 5.39. The Labute approximate surface area is 181 Å². The molecule has 1 amide bonds. The van der Waals surface area contributed by atoms with Crippen LogP contribution in [0.5, 0.6) is 0 Å². The zero-order valence-corrected chi connectivity index (χ0v) is 18.3. The third-order valence-corrected chi connectivity index (χ3v) is 5.45. The number of halogens is 2. The number of anilines is 1. The van der Waals surface area contributed by atoms with Gasteiger partial charge in [0.25, 0.3) is 5.91 Å². The molecule has 29 heavy (non-hydrogen) atoms. The Balaban J connectivity index is 1.65. The summed E-state index contributed by atoms with van der Waals surface area (Å²) < 4.78 is 3.12. The molecule has 0 atom stereocenters. The Morgan fingerprint density at radius 3 is 2.59 bits per heavy atom. The number of pyridine rings is 1. The van der Waals surface area contributed by atoms with Crippen LogP contribution < -0.4 is 5.32 Å². The molecule has 0 saturated carbocycles. The highest BCUT2D eigenvalue weighted by atomic mass is 79.9. The van der Waals surface area contributed by atoms with Crippen LogP contribution in [0, 0.1) is 13.8 Å². The zero-order valence-electron chi connectivity index (χ0n) is 15.9. The average Bonchev–Trinajstić information content (AvgIpc) is 2.98. The molecule has 4 aromatic rings. The van der Waals surface area contributed by atoms with Crippen molar-refractivity contribution in [2.24, 2.45) is 0 Å². The number of nitrogens with zero attached hydrogens (tertiary/aromatic N) is 3. The molecule has 0 spiro atoms. The van der Waals surface area contributed by atoms with Gasteiger partial charge in [-0.1, -0.05) is 45.7 Å². The molecule has 2 heterocycles. The summed E-state index contributed by atoms with van der Waals surface area (Å²) in [4.78, 5) is 21.9. The average molecular weight is 470 g/mol. The number of benzene rings is 2. The molecule has 0 aliphatic carbocycles. The molecule has 146 valence electrons. The van der Waals surface area contributed by atoms with Crippen LogP contribution in [0.15, 0.2) is 59.1 Å². The van der Waals surface area contributed by atoms with E-state index in [9.17, 15) is 4.79 Å².